The minimum atomic E-state index is -3.48. The van der Waals surface area contributed by atoms with E-state index in [4.69, 9.17) is 4.74 Å². The maximum atomic E-state index is 12.5. The summed E-state index contributed by atoms with van der Waals surface area (Å²) in [4.78, 5) is 0. The zero-order valence-corrected chi connectivity index (χ0v) is 14.8. The Hall–Kier alpha value is -1.86. The molecule has 1 N–H and O–H groups in total. The van der Waals surface area contributed by atoms with Gasteiger partial charge >= 0.3 is 0 Å². The molecule has 0 radical (unpaired) electrons. The van der Waals surface area contributed by atoms with Gasteiger partial charge in [-0.2, -0.15) is 5.10 Å². The van der Waals surface area contributed by atoms with Crippen molar-refractivity contribution in [2.24, 2.45) is 0 Å². The maximum absolute atomic E-state index is 12.5. The summed E-state index contributed by atoms with van der Waals surface area (Å²) in [5.41, 5.74) is 2.88. The van der Waals surface area contributed by atoms with Gasteiger partial charge < -0.3 is 4.74 Å². The van der Waals surface area contributed by atoms with Crippen LogP contribution in [0.15, 0.2) is 30.3 Å². The Bertz CT molecular complexity index is 794. The highest BCUT2D eigenvalue weighted by Gasteiger charge is 2.24. The van der Waals surface area contributed by atoms with E-state index in [2.05, 4.69) is 9.82 Å². The van der Waals surface area contributed by atoms with E-state index in [0.29, 0.717) is 18.0 Å². The molecular formula is C17H23N3O3S. The van der Waals surface area contributed by atoms with Gasteiger partial charge in [-0.3, -0.25) is 4.72 Å². The first kappa shape index (κ1) is 17.0. The molecule has 0 saturated carbocycles. The number of aromatic nitrogens is 2. The Morgan fingerprint density at radius 1 is 1.25 bits per heavy atom. The standard InChI is InChI=1S/C17H23N3O3S/c1-13-17(14(2)20(18-13)15-8-4-3-5-9-15)19-24(21,22)12-16-10-6-7-11-23-16/h3-5,8-9,16,19H,6-7,10-12H2,1-2H3/t16-/m1/s1. The first-order valence-corrected chi connectivity index (χ1v) is 9.85. The van der Waals surface area contributed by atoms with Gasteiger partial charge in [0.25, 0.3) is 0 Å². The summed E-state index contributed by atoms with van der Waals surface area (Å²) in [5, 5.41) is 4.47. The number of nitrogens with one attached hydrogen (secondary N) is 1. The third kappa shape index (κ3) is 3.79. The lowest BCUT2D eigenvalue weighted by Gasteiger charge is -2.22. The van der Waals surface area contributed by atoms with E-state index in [9.17, 15) is 8.42 Å². The fourth-order valence-corrected chi connectivity index (χ4v) is 4.43. The van der Waals surface area contributed by atoms with Crippen LogP contribution in [0.2, 0.25) is 0 Å². The lowest BCUT2D eigenvalue weighted by molar-refractivity contribution is 0.0306. The molecule has 2 heterocycles. The van der Waals surface area contributed by atoms with Crippen molar-refractivity contribution >= 4 is 15.7 Å². The Labute approximate surface area is 142 Å². The number of aryl methyl sites for hydroxylation is 1. The number of anilines is 1. The first-order chi connectivity index (χ1) is 11.5. The second-order valence-corrected chi connectivity index (χ2v) is 7.93. The summed E-state index contributed by atoms with van der Waals surface area (Å²) in [5.74, 6) is -0.0115. The quantitative estimate of drug-likeness (QED) is 0.901. The topological polar surface area (TPSA) is 73.2 Å². The number of hydrogen-bond donors (Lipinski definition) is 1. The van der Waals surface area contributed by atoms with Gasteiger partial charge in [0.2, 0.25) is 10.0 Å². The number of rotatable bonds is 5. The highest BCUT2D eigenvalue weighted by Crippen LogP contribution is 2.24. The average Bonchev–Trinajstić information content (AvgIpc) is 2.84. The normalized spacial score (nSPS) is 18.5. The van der Waals surface area contributed by atoms with Crippen LogP contribution in [0, 0.1) is 13.8 Å². The molecule has 0 unspecified atom stereocenters. The van der Waals surface area contributed by atoms with Crippen LogP contribution in [-0.4, -0.2) is 36.7 Å². The maximum Gasteiger partial charge on any atom is 0.235 e. The van der Waals surface area contributed by atoms with Crippen molar-refractivity contribution in [3.8, 4) is 5.69 Å². The van der Waals surface area contributed by atoms with E-state index in [1.54, 1.807) is 11.6 Å². The number of hydrogen-bond acceptors (Lipinski definition) is 4. The van der Waals surface area contributed by atoms with E-state index >= 15 is 0 Å². The molecule has 0 aliphatic carbocycles. The summed E-state index contributed by atoms with van der Waals surface area (Å²) in [6, 6.07) is 9.66. The third-order valence-electron chi connectivity index (χ3n) is 4.23. The molecule has 1 atom stereocenters. The van der Waals surface area contributed by atoms with Crippen molar-refractivity contribution in [1.82, 2.24) is 9.78 Å². The van der Waals surface area contributed by atoms with Crippen LogP contribution in [0.1, 0.15) is 30.7 Å². The molecule has 6 nitrogen and oxygen atoms in total. The Kier molecular flexibility index (Phi) is 4.91. The molecule has 2 aromatic rings. The van der Waals surface area contributed by atoms with Gasteiger partial charge in [-0.25, -0.2) is 13.1 Å². The number of benzene rings is 1. The lowest BCUT2D eigenvalue weighted by Crippen LogP contribution is -2.31. The van der Waals surface area contributed by atoms with Crippen molar-refractivity contribution < 1.29 is 13.2 Å². The van der Waals surface area contributed by atoms with Crippen LogP contribution >= 0.6 is 0 Å². The summed E-state index contributed by atoms with van der Waals surface area (Å²) < 4.78 is 35.0. The SMILES string of the molecule is Cc1nn(-c2ccccc2)c(C)c1NS(=O)(=O)C[C@H]1CCCCO1. The first-order valence-electron chi connectivity index (χ1n) is 8.20. The summed E-state index contributed by atoms with van der Waals surface area (Å²) in [7, 11) is -3.48. The molecule has 0 spiro atoms. The summed E-state index contributed by atoms with van der Waals surface area (Å²) >= 11 is 0. The molecule has 1 saturated heterocycles. The highest BCUT2D eigenvalue weighted by molar-refractivity contribution is 7.92. The molecule has 1 aliphatic heterocycles. The molecule has 0 amide bonds. The average molecular weight is 349 g/mol. The Morgan fingerprint density at radius 3 is 2.67 bits per heavy atom. The van der Waals surface area contributed by atoms with Gasteiger partial charge in [0.15, 0.2) is 0 Å². The van der Waals surface area contributed by atoms with Crippen LogP contribution in [0.5, 0.6) is 0 Å². The molecule has 7 heteroatoms. The van der Waals surface area contributed by atoms with E-state index in [0.717, 1.165) is 30.6 Å². The van der Waals surface area contributed by atoms with Gasteiger partial charge in [-0.1, -0.05) is 18.2 Å². The molecule has 1 aliphatic rings. The Morgan fingerprint density at radius 2 is 2.00 bits per heavy atom. The zero-order chi connectivity index (χ0) is 17.2. The predicted molar refractivity (Wildman–Crippen MR) is 94.0 cm³/mol. The molecule has 3 rings (SSSR count). The second kappa shape index (κ2) is 6.94. The van der Waals surface area contributed by atoms with E-state index in [1.165, 1.54) is 0 Å². The van der Waals surface area contributed by atoms with Crippen LogP contribution in [-0.2, 0) is 14.8 Å². The van der Waals surface area contributed by atoms with Crippen molar-refractivity contribution in [3.63, 3.8) is 0 Å². The number of nitrogens with zero attached hydrogens (tertiary/aromatic N) is 2. The van der Waals surface area contributed by atoms with Crippen molar-refractivity contribution in [3.05, 3.63) is 41.7 Å². The Balaban J connectivity index is 1.81. The van der Waals surface area contributed by atoms with Gasteiger partial charge in [0.05, 0.1) is 34.6 Å². The molecule has 0 bridgehead atoms. The van der Waals surface area contributed by atoms with Crippen LogP contribution in [0.3, 0.4) is 0 Å². The fourth-order valence-electron chi connectivity index (χ4n) is 2.99. The smallest absolute Gasteiger partial charge is 0.235 e. The zero-order valence-electron chi connectivity index (χ0n) is 14.0. The van der Waals surface area contributed by atoms with E-state index in [-0.39, 0.29) is 11.9 Å². The lowest BCUT2D eigenvalue weighted by atomic mass is 10.1. The number of sulfonamides is 1. The summed E-state index contributed by atoms with van der Waals surface area (Å²) in [6.45, 7) is 4.31. The minimum absolute atomic E-state index is 0.0115. The second-order valence-electron chi connectivity index (χ2n) is 6.17. The largest absolute Gasteiger partial charge is 0.377 e. The van der Waals surface area contributed by atoms with E-state index < -0.39 is 10.0 Å². The highest BCUT2D eigenvalue weighted by atomic mass is 32.2. The molecule has 130 valence electrons. The molecule has 1 aromatic heterocycles. The molecule has 24 heavy (non-hydrogen) atoms. The molecule has 1 fully saturated rings. The predicted octanol–water partition coefficient (Wildman–Crippen LogP) is 2.80. The van der Waals surface area contributed by atoms with Crippen molar-refractivity contribution in [1.29, 1.82) is 0 Å². The van der Waals surface area contributed by atoms with Gasteiger partial charge in [0, 0.05) is 6.61 Å². The number of ether oxygens (including phenoxy) is 1. The molecule has 1 aromatic carbocycles. The van der Waals surface area contributed by atoms with Crippen molar-refractivity contribution in [2.75, 3.05) is 17.1 Å². The van der Waals surface area contributed by atoms with E-state index in [1.807, 2.05) is 37.3 Å². The van der Waals surface area contributed by atoms with Crippen LogP contribution in [0.4, 0.5) is 5.69 Å². The van der Waals surface area contributed by atoms with Crippen molar-refractivity contribution in [2.45, 2.75) is 39.2 Å². The van der Waals surface area contributed by atoms with Gasteiger partial charge in [0.1, 0.15) is 0 Å². The van der Waals surface area contributed by atoms with Gasteiger partial charge in [-0.15, -0.1) is 0 Å². The third-order valence-corrected chi connectivity index (χ3v) is 5.55. The van der Waals surface area contributed by atoms with Crippen LogP contribution < -0.4 is 4.72 Å². The van der Waals surface area contributed by atoms with Gasteiger partial charge in [-0.05, 0) is 45.2 Å². The summed E-state index contributed by atoms with van der Waals surface area (Å²) in [6.07, 6.45) is 2.60. The van der Waals surface area contributed by atoms with Crippen LogP contribution in [0.25, 0.3) is 5.69 Å². The minimum Gasteiger partial charge on any atom is -0.377 e. The monoisotopic (exact) mass is 349 g/mol. The number of para-hydroxylation sites is 1. The molecular weight excluding hydrogens is 326 g/mol. The fraction of sp³-hybridized carbons (Fsp3) is 0.471.